The third-order valence-corrected chi connectivity index (χ3v) is 7.07. The van der Waals surface area contributed by atoms with Gasteiger partial charge < -0.3 is 33.5 Å². The number of nitrogens with zero attached hydrogens (tertiary/aromatic N) is 2. The number of fused-ring (bicyclic) bond motifs is 1. The van der Waals surface area contributed by atoms with Crippen molar-refractivity contribution in [2.45, 2.75) is 33.1 Å². The van der Waals surface area contributed by atoms with Gasteiger partial charge in [-0.1, -0.05) is 0 Å². The summed E-state index contributed by atoms with van der Waals surface area (Å²) in [6.07, 6.45) is 4.44. The third-order valence-electron chi connectivity index (χ3n) is 7.07. The van der Waals surface area contributed by atoms with Gasteiger partial charge in [-0.05, 0) is 74.6 Å². The maximum Gasteiger partial charge on any atom is 0.254 e. The minimum absolute atomic E-state index is 0.0228. The van der Waals surface area contributed by atoms with E-state index in [2.05, 4.69) is 0 Å². The van der Waals surface area contributed by atoms with Crippen molar-refractivity contribution in [3.05, 3.63) is 46.5 Å². The van der Waals surface area contributed by atoms with E-state index < -0.39 is 0 Å². The van der Waals surface area contributed by atoms with Gasteiger partial charge in [0.25, 0.3) is 5.91 Å². The van der Waals surface area contributed by atoms with E-state index in [1.165, 1.54) is 21.3 Å². The third kappa shape index (κ3) is 6.08. The van der Waals surface area contributed by atoms with Gasteiger partial charge >= 0.3 is 0 Å². The lowest BCUT2D eigenvalue weighted by atomic mass is 10.0. The Hall–Kier alpha value is -3.88. The molecule has 210 valence electrons. The number of amides is 2. The second-order valence-electron chi connectivity index (χ2n) is 9.39. The first-order chi connectivity index (χ1) is 18.9. The summed E-state index contributed by atoms with van der Waals surface area (Å²) in [6, 6.07) is 7.34. The average molecular weight is 539 g/mol. The molecule has 9 nitrogen and oxygen atoms in total. The summed E-state index contributed by atoms with van der Waals surface area (Å²) in [7, 11) is 4.56. The van der Waals surface area contributed by atoms with Gasteiger partial charge in [0, 0.05) is 37.3 Å². The van der Waals surface area contributed by atoms with E-state index in [9.17, 15) is 9.59 Å². The van der Waals surface area contributed by atoms with Gasteiger partial charge in [-0.3, -0.25) is 9.59 Å². The van der Waals surface area contributed by atoms with Crippen LogP contribution in [-0.2, 0) is 11.2 Å². The second kappa shape index (κ2) is 12.8. The summed E-state index contributed by atoms with van der Waals surface area (Å²) in [5, 5.41) is 0. The van der Waals surface area contributed by atoms with Crippen molar-refractivity contribution < 1.29 is 33.3 Å². The van der Waals surface area contributed by atoms with Crippen LogP contribution in [0.2, 0.25) is 0 Å². The lowest BCUT2D eigenvalue weighted by molar-refractivity contribution is -0.128. The van der Waals surface area contributed by atoms with Gasteiger partial charge in [0.1, 0.15) is 0 Å². The molecule has 0 bridgehead atoms. The highest BCUT2D eigenvalue weighted by Gasteiger charge is 2.28. The monoisotopic (exact) mass is 538 g/mol. The number of hydrogen-bond acceptors (Lipinski definition) is 7. The second-order valence-corrected chi connectivity index (χ2v) is 9.39. The lowest BCUT2D eigenvalue weighted by Gasteiger charge is -2.35. The van der Waals surface area contributed by atoms with Crippen molar-refractivity contribution in [3.63, 3.8) is 0 Å². The van der Waals surface area contributed by atoms with Crippen LogP contribution in [0.4, 0.5) is 0 Å². The van der Waals surface area contributed by atoms with Crippen molar-refractivity contribution in [2.24, 2.45) is 0 Å². The molecule has 0 N–H and O–H groups in total. The molecule has 1 saturated heterocycles. The van der Waals surface area contributed by atoms with E-state index in [-0.39, 0.29) is 11.8 Å². The molecular formula is C30H38N2O7. The summed E-state index contributed by atoms with van der Waals surface area (Å²) < 4.78 is 27.8. The minimum Gasteiger partial charge on any atom is -0.493 e. The molecule has 0 atom stereocenters. The zero-order chi connectivity index (χ0) is 27.9. The molecule has 1 heterocycles. The summed E-state index contributed by atoms with van der Waals surface area (Å²) in [5.41, 5.74) is 3.39. The molecule has 2 aliphatic rings. The lowest BCUT2D eigenvalue weighted by Crippen LogP contribution is -2.50. The Balaban J connectivity index is 1.47. The molecule has 4 rings (SSSR count). The Labute approximate surface area is 230 Å². The first-order valence-electron chi connectivity index (χ1n) is 13.5. The summed E-state index contributed by atoms with van der Waals surface area (Å²) in [4.78, 5) is 30.4. The first-order valence-corrected chi connectivity index (χ1v) is 13.5. The van der Waals surface area contributed by atoms with Gasteiger partial charge in [-0.15, -0.1) is 0 Å². The van der Waals surface area contributed by atoms with Crippen LogP contribution in [0.25, 0.3) is 6.08 Å². The van der Waals surface area contributed by atoms with Gasteiger partial charge in [-0.2, -0.15) is 0 Å². The predicted octanol–water partition coefficient (Wildman–Crippen LogP) is 4.21. The van der Waals surface area contributed by atoms with Crippen LogP contribution in [0.15, 0.2) is 29.8 Å². The molecule has 2 aromatic rings. The SMILES string of the molecule is CCOc1cc2c(cc1OCC)CCCC(C(=O)N1CCN(C(=O)c3cc(OC)c(OC)c(OC)c3)CC1)=C2. The van der Waals surface area contributed by atoms with Gasteiger partial charge in [0.15, 0.2) is 23.0 Å². The molecule has 1 aliphatic heterocycles. The maximum atomic E-state index is 13.5. The normalized spacial score (nSPS) is 15.1. The predicted molar refractivity (Wildman–Crippen MR) is 148 cm³/mol. The molecule has 2 amide bonds. The zero-order valence-corrected chi connectivity index (χ0v) is 23.5. The van der Waals surface area contributed by atoms with Crippen LogP contribution in [-0.4, -0.2) is 82.3 Å². The average Bonchev–Trinajstić information content (AvgIpc) is 3.18. The minimum atomic E-state index is -0.141. The van der Waals surface area contributed by atoms with E-state index in [1.807, 2.05) is 37.0 Å². The number of benzene rings is 2. The molecule has 0 spiro atoms. The van der Waals surface area contributed by atoms with Crippen molar-refractivity contribution in [1.82, 2.24) is 9.80 Å². The molecule has 0 aromatic heterocycles. The molecule has 2 aromatic carbocycles. The van der Waals surface area contributed by atoms with Crippen LogP contribution in [0.5, 0.6) is 28.7 Å². The van der Waals surface area contributed by atoms with Crippen LogP contribution in [0, 0.1) is 0 Å². The highest BCUT2D eigenvalue weighted by atomic mass is 16.5. The molecular weight excluding hydrogens is 500 g/mol. The zero-order valence-electron chi connectivity index (χ0n) is 23.5. The van der Waals surface area contributed by atoms with Crippen molar-refractivity contribution in [3.8, 4) is 28.7 Å². The Morgan fingerprint density at radius 3 is 1.82 bits per heavy atom. The number of rotatable bonds is 9. The molecule has 1 fully saturated rings. The fraction of sp³-hybridized carbons (Fsp3) is 0.467. The maximum absolute atomic E-state index is 13.5. The van der Waals surface area contributed by atoms with Crippen LogP contribution < -0.4 is 23.7 Å². The Morgan fingerprint density at radius 1 is 0.718 bits per heavy atom. The highest BCUT2D eigenvalue weighted by Crippen LogP contribution is 2.39. The molecule has 0 unspecified atom stereocenters. The Morgan fingerprint density at radius 2 is 1.28 bits per heavy atom. The quantitative estimate of drug-likeness (QED) is 0.473. The number of aryl methyl sites for hydroxylation is 1. The molecule has 0 saturated carbocycles. The largest absolute Gasteiger partial charge is 0.493 e. The number of carbonyl (C=O) groups is 2. The van der Waals surface area contributed by atoms with E-state index >= 15 is 0 Å². The van der Waals surface area contributed by atoms with Crippen molar-refractivity contribution in [2.75, 3.05) is 60.7 Å². The van der Waals surface area contributed by atoms with Crippen LogP contribution >= 0.6 is 0 Å². The highest BCUT2D eigenvalue weighted by molar-refractivity contribution is 5.99. The number of piperazine rings is 1. The van der Waals surface area contributed by atoms with E-state index in [0.29, 0.717) is 74.4 Å². The smallest absolute Gasteiger partial charge is 0.254 e. The molecule has 1 aliphatic carbocycles. The van der Waals surface area contributed by atoms with Gasteiger partial charge in [0.2, 0.25) is 11.7 Å². The molecule has 39 heavy (non-hydrogen) atoms. The number of carbonyl (C=O) groups excluding carboxylic acids is 2. The topological polar surface area (TPSA) is 86.8 Å². The number of ether oxygens (including phenoxy) is 5. The summed E-state index contributed by atoms with van der Waals surface area (Å²) in [6.45, 7) is 6.81. The fourth-order valence-electron chi connectivity index (χ4n) is 5.11. The van der Waals surface area contributed by atoms with Gasteiger partial charge in [-0.25, -0.2) is 0 Å². The van der Waals surface area contributed by atoms with E-state index in [0.717, 1.165) is 35.3 Å². The Kier molecular flexibility index (Phi) is 9.22. The summed E-state index contributed by atoms with van der Waals surface area (Å²) in [5.74, 6) is 2.61. The number of hydrogen-bond donors (Lipinski definition) is 0. The van der Waals surface area contributed by atoms with Crippen LogP contribution in [0.1, 0.15) is 48.2 Å². The molecule has 9 heteroatoms. The van der Waals surface area contributed by atoms with Crippen molar-refractivity contribution >= 4 is 17.9 Å². The first kappa shape index (κ1) is 28.1. The van der Waals surface area contributed by atoms with E-state index in [4.69, 9.17) is 23.7 Å². The molecule has 0 radical (unpaired) electrons. The Bertz CT molecular complexity index is 1210. The van der Waals surface area contributed by atoms with Crippen LogP contribution in [0.3, 0.4) is 0 Å². The van der Waals surface area contributed by atoms with E-state index in [1.54, 1.807) is 17.0 Å². The fourth-order valence-corrected chi connectivity index (χ4v) is 5.11. The standard InChI is InChI=1S/C30H38N2O7/c1-6-38-24-16-20-9-8-10-21(15-22(20)17-25(24)39-7-2)29(33)31-11-13-32(14-12-31)30(34)23-18-26(35-3)28(37-5)27(19-23)36-4/h15-19H,6-14H2,1-5H3. The van der Waals surface area contributed by atoms with Gasteiger partial charge in [0.05, 0.1) is 34.5 Å². The number of methoxy groups -OCH3 is 3. The van der Waals surface area contributed by atoms with Crippen molar-refractivity contribution in [1.29, 1.82) is 0 Å². The summed E-state index contributed by atoms with van der Waals surface area (Å²) >= 11 is 0.